The van der Waals surface area contributed by atoms with Crippen molar-refractivity contribution in [2.75, 3.05) is 37.7 Å². The van der Waals surface area contributed by atoms with E-state index in [0.29, 0.717) is 0 Å². The van der Waals surface area contributed by atoms with Gasteiger partial charge in [0.2, 0.25) is 0 Å². The van der Waals surface area contributed by atoms with E-state index >= 15 is 0 Å². The highest BCUT2D eigenvalue weighted by Gasteiger charge is 2.05. The second-order valence-corrected chi connectivity index (χ2v) is 5.43. The molecular weight excluding hydrogens is 192 g/mol. The predicted octanol–water partition coefficient (Wildman–Crippen LogP) is 2.05. The summed E-state index contributed by atoms with van der Waals surface area (Å²) in [5.74, 6) is 3.27. The Bertz CT molecular complexity index is 118. The molecule has 0 spiro atoms. The molecule has 86 valence electrons. The van der Waals surface area contributed by atoms with Crippen LogP contribution >= 0.6 is 11.8 Å². The molecule has 0 aromatic carbocycles. The van der Waals surface area contributed by atoms with Gasteiger partial charge in [0.15, 0.2) is 0 Å². The Labute approximate surface area is 93.6 Å². The highest BCUT2D eigenvalue weighted by Crippen LogP contribution is 2.04. The van der Waals surface area contributed by atoms with Crippen molar-refractivity contribution >= 4 is 11.8 Å². The van der Waals surface area contributed by atoms with Gasteiger partial charge in [0, 0.05) is 19.6 Å². The summed E-state index contributed by atoms with van der Waals surface area (Å²) in [6, 6.07) is 0. The Kier molecular flexibility index (Phi) is 10.0. The Balaban J connectivity index is 3.51. The zero-order chi connectivity index (χ0) is 10.8. The van der Waals surface area contributed by atoms with Crippen LogP contribution in [0.2, 0.25) is 0 Å². The van der Waals surface area contributed by atoms with E-state index in [1.807, 2.05) is 11.8 Å². The molecule has 0 saturated heterocycles. The fraction of sp³-hybridized carbons (Fsp3) is 1.00. The van der Waals surface area contributed by atoms with Crippen molar-refractivity contribution in [3.8, 4) is 0 Å². The van der Waals surface area contributed by atoms with Crippen LogP contribution in [0.25, 0.3) is 0 Å². The number of nitrogens with zero attached hydrogens (tertiary/aromatic N) is 1. The van der Waals surface area contributed by atoms with Crippen molar-refractivity contribution in [2.45, 2.75) is 27.2 Å². The van der Waals surface area contributed by atoms with Crippen LogP contribution in [-0.4, -0.2) is 42.6 Å². The maximum absolute atomic E-state index is 5.59. The smallest absolute Gasteiger partial charge is 0.0105 e. The number of thioether (sulfide) groups is 1. The van der Waals surface area contributed by atoms with Crippen LogP contribution in [0.15, 0.2) is 0 Å². The van der Waals surface area contributed by atoms with E-state index in [9.17, 15) is 0 Å². The number of nitrogens with two attached hydrogens (primary N) is 1. The SMILES string of the molecule is CCSCCCN(CCN)CC(C)C. The minimum Gasteiger partial charge on any atom is -0.329 e. The van der Waals surface area contributed by atoms with E-state index < -0.39 is 0 Å². The van der Waals surface area contributed by atoms with Gasteiger partial charge in [0.05, 0.1) is 0 Å². The summed E-state index contributed by atoms with van der Waals surface area (Å²) < 4.78 is 0. The molecule has 0 fully saturated rings. The van der Waals surface area contributed by atoms with E-state index in [0.717, 1.165) is 19.0 Å². The molecule has 0 unspecified atom stereocenters. The molecule has 0 aromatic rings. The zero-order valence-electron chi connectivity index (χ0n) is 9.96. The summed E-state index contributed by atoms with van der Waals surface area (Å²) in [5.41, 5.74) is 5.59. The van der Waals surface area contributed by atoms with Crippen LogP contribution in [0.3, 0.4) is 0 Å². The van der Waals surface area contributed by atoms with Crippen molar-refractivity contribution in [3.63, 3.8) is 0 Å². The van der Waals surface area contributed by atoms with E-state index in [2.05, 4.69) is 25.7 Å². The van der Waals surface area contributed by atoms with Gasteiger partial charge >= 0.3 is 0 Å². The Morgan fingerprint density at radius 3 is 2.50 bits per heavy atom. The predicted molar refractivity (Wildman–Crippen MR) is 67.9 cm³/mol. The van der Waals surface area contributed by atoms with Gasteiger partial charge in [-0.05, 0) is 30.4 Å². The third-order valence-electron chi connectivity index (χ3n) is 2.04. The zero-order valence-corrected chi connectivity index (χ0v) is 10.8. The fourth-order valence-electron chi connectivity index (χ4n) is 1.53. The lowest BCUT2D eigenvalue weighted by Crippen LogP contribution is -2.33. The third kappa shape index (κ3) is 8.85. The highest BCUT2D eigenvalue weighted by atomic mass is 32.2. The van der Waals surface area contributed by atoms with Gasteiger partial charge in [-0.2, -0.15) is 11.8 Å². The normalized spacial score (nSPS) is 11.6. The van der Waals surface area contributed by atoms with Crippen LogP contribution < -0.4 is 5.73 Å². The number of hydrogen-bond donors (Lipinski definition) is 1. The quantitative estimate of drug-likeness (QED) is 0.601. The van der Waals surface area contributed by atoms with Gasteiger partial charge in [-0.25, -0.2) is 0 Å². The molecular formula is C11H26N2S. The first-order valence-corrected chi connectivity index (χ1v) is 6.86. The first-order valence-electron chi connectivity index (χ1n) is 5.70. The van der Waals surface area contributed by atoms with Crippen molar-refractivity contribution in [3.05, 3.63) is 0 Å². The summed E-state index contributed by atoms with van der Waals surface area (Å²) in [4.78, 5) is 2.49. The first kappa shape index (κ1) is 14.3. The highest BCUT2D eigenvalue weighted by molar-refractivity contribution is 7.99. The van der Waals surface area contributed by atoms with Crippen molar-refractivity contribution in [2.24, 2.45) is 11.7 Å². The summed E-state index contributed by atoms with van der Waals surface area (Å²) >= 11 is 2.03. The second kappa shape index (κ2) is 9.81. The molecule has 3 heteroatoms. The monoisotopic (exact) mass is 218 g/mol. The van der Waals surface area contributed by atoms with Gasteiger partial charge < -0.3 is 10.6 Å². The standard InChI is InChI=1S/C11H26N2S/c1-4-14-9-5-7-13(8-6-12)10-11(2)3/h11H,4-10,12H2,1-3H3. The molecule has 0 aliphatic carbocycles. The maximum Gasteiger partial charge on any atom is 0.0105 e. The largest absolute Gasteiger partial charge is 0.329 e. The summed E-state index contributed by atoms with van der Waals surface area (Å²) in [6.45, 7) is 11.0. The minimum atomic E-state index is 0.750. The lowest BCUT2D eigenvalue weighted by atomic mass is 10.2. The third-order valence-corrected chi connectivity index (χ3v) is 3.02. The number of rotatable bonds is 9. The summed E-state index contributed by atoms with van der Waals surface area (Å²) in [6.07, 6.45) is 1.30. The Hall–Kier alpha value is 0.270. The molecule has 0 atom stereocenters. The maximum atomic E-state index is 5.59. The minimum absolute atomic E-state index is 0.750. The van der Waals surface area contributed by atoms with Crippen LogP contribution in [0.1, 0.15) is 27.2 Å². The number of hydrogen-bond acceptors (Lipinski definition) is 3. The topological polar surface area (TPSA) is 29.3 Å². The molecule has 0 bridgehead atoms. The van der Waals surface area contributed by atoms with Gasteiger partial charge in [-0.15, -0.1) is 0 Å². The van der Waals surface area contributed by atoms with E-state index in [-0.39, 0.29) is 0 Å². The lowest BCUT2D eigenvalue weighted by Gasteiger charge is -2.23. The second-order valence-electron chi connectivity index (χ2n) is 4.03. The molecule has 2 nitrogen and oxygen atoms in total. The molecule has 0 aliphatic rings. The molecule has 0 aromatic heterocycles. The molecule has 0 heterocycles. The van der Waals surface area contributed by atoms with Gasteiger partial charge in [-0.1, -0.05) is 20.8 Å². The lowest BCUT2D eigenvalue weighted by molar-refractivity contribution is 0.252. The van der Waals surface area contributed by atoms with E-state index in [4.69, 9.17) is 5.73 Å². The fourth-order valence-corrected chi connectivity index (χ4v) is 2.15. The Morgan fingerprint density at radius 1 is 1.29 bits per heavy atom. The molecule has 2 N–H and O–H groups in total. The molecule has 0 amide bonds. The Morgan fingerprint density at radius 2 is 2.00 bits per heavy atom. The summed E-state index contributed by atoms with van der Waals surface area (Å²) in [7, 11) is 0. The average molecular weight is 218 g/mol. The average Bonchev–Trinajstić information content (AvgIpc) is 2.12. The molecule has 0 radical (unpaired) electrons. The molecule has 0 aliphatic heterocycles. The molecule has 0 rings (SSSR count). The van der Waals surface area contributed by atoms with Gasteiger partial charge in [0.25, 0.3) is 0 Å². The van der Waals surface area contributed by atoms with Crippen LogP contribution in [0, 0.1) is 5.92 Å². The van der Waals surface area contributed by atoms with Crippen LogP contribution in [0.5, 0.6) is 0 Å². The molecule has 0 saturated carbocycles. The molecule has 14 heavy (non-hydrogen) atoms. The van der Waals surface area contributed by atoms with Crippen molar-refractivity contribution < 1.29 is 0 Å². The van der Waals surface area contributed by atoms with Crippen molar-refractivity contribution in [1.29, 1.82) is 0 Å². The summed E-state index contributed by atoms with van der Waals surface area (Å²) in [5, 5.41) is 0. The van der Waals surface area contributed by atoms with Crippen LogP contribution in [0.4, 0.5) is 0 Å². The first-order chi connectivity index (χ1) is 6.70. The van der Waals surface area contributed by atoms with Crippen molar-refractivity contribution in [1.82, 2.24) is 4.90 Å². The van der Waals surface area contributed by atoms with Gasteiger partial charge in [-0.3, -0.25) is 0 Å². The van der Waals surface area contributed by atoms with E-state index in [1.54, 1.807) is 0 Å². The van der Waals surface area contributed by atoms with E-state index in [1.165, 1.54) is 31.0 Å². The van der Waals surface area contributed by atoms with Crippen LogP contribution in [-0.2, 0) is 0 Å². The van der Waals surface area contributed by atoms with Gasteiger partial charge in [0.1, 0.15) is 0 Å².